The average molecular weight is 535 g/mol. The summed E-state index contributed by atoms with van der Waals surface area (Å²) in [5.41, 5.74) is 0.891. The van der Waals surface area contributed by atoms with Crippen LogP contribution < -0.4 is 10.1 Å². The highest BCUT2D eigenvalue weighted by Gasteiger charge is 2.34. The number of sulfone groups is 1. The van der Waals surface area contributed by atoms with Crippen molar-refractivity contribution in [2.24, 2.45) is 0 Å². The predicted molar refractivity (Wildman–Crippen MR) is 138 cm³/mol. The van der Waals surface area contributed by atoms with Gasteiger partial charge in [-0.2, -0.15) is 0 Å². The third-order valence-electron chi connectivity index (χ3n) is 5.35. The summed E-state index contributed by atoms with van der Waals surface area (Å²) < 4.78 is 29.8. The van der Waals surface area contributed by atoms with Crippen LogP contribution in [-0.2, 0) is 14.6 Å². The molecule has 0 fully saturated rings. The quantitative estimate of drug-likeness (QED) is 0.290. The van der Waals surface area contributed by atoms with E-state index < -0.39 is 14.6 Å². The number of benzene rings is 2. The molecule has 0 spiro atoms. The highest BCUT2D eigenvalue weighted by molar-refractivity contribution is 7.91. The number of anilines is 1. The number of rotatable bonds is 6. The van der Waals surface area contributed by atoms with E-state index in [1.807, 2.05) is 0 Å². The van der Waals surface area contributed by atoms with Crippen molar-refractivity contribution in [2.45, 2.75) is 18.6 Å². The second-order valence-electron chi connectivity index (χ2n) is 8.19. The first kappa shape index (κ1) is 24.5. The van der Waals surface area contributed by atoms with Crippen molar-refractivity contribution < 1.29 is 17.9 Å². The SMILES string of the molecule is CC(C)(c1cc2cc(C(=O)Nc3cc(Cl)cc(Oc4ccc(Cl)cc4)c3)sc2cn1)S(C)(=O)=O. The van der Waals surface area contributed by atoms with Crippen LogP contribution >= 0.6 is 34.5 Å². The lowest BCUT2D eigenvalue weighted by atomic mass is 10.1. The second-order valence-corrected chi connectivity index (χ2v) is 12.7. The molecule has 0 bridgehead atoms. The van der Waals surface area contributed by atoms with Crippen LogP contribution in [0, 0.1) is 0 Å². The van der Waals surface area contributed by atoms with E-state index in [0.717, 1.165) is 10.1 Å². The summed E-state index contributed by atoms with van der Waals surface area (Å²) in [7, 11) is -3.38. The van der Waals surface area contributed by atoms with Crippen LogP contribution in [0.15, 0.2) is 60.8 Å². The molecule has 10 heteroatoms. The van der Waals surface area contributed by atoms with E-state index in [4.69, 9.17) is 27.9 Å². The van der Waals surface area contributed by atoms with Crippen molar-refractivity contribution >= 4 is 66.1 Å². The van der Waals surface area contributed by atoms with Crippen LogP contribution in [0.25, 0.3) is 10.1 Å². The summed E-state index contributed by atoms with van der Waals surface area (Å²) in [4.78, 5) is 17.7. The molecule has 1 amide bonds. The van der Waals surface area contributed by atoms with E-state index in [1.165, 1.54) is 17.6 Å². The van der Waals surface area contributed by atoms with Crippen molar-refractivity contribution in [1.82, 2.24) is 4.98 Å². The lowest BCUT2D eigenvalue weighted by molar-refractivity contribution is 0.103. The molecular formula is C24H20Cl2N2O4S2. The number of fused-ring (bicyclic) bond motifs is 1. The van der Waals surface area contributed by atoms with Crippen molar-refractivity contribution in [3.05, 3.63) is 81.4 Å². The summed E-state index contributed by atoms with van der Waals surface area (Å²) >= 11 is 13.4. The minimum absolute atomic E-state index is 0.329. The Kier molecular flexibility index (Phi) is 6.61. The Hall–Kier alpha value is -2.65. The number of ether oxygens (including phenoxy) is 1. The number of hydrogen-bond acceptors (Lipinski definition) is 6. The van der Waals surface area contributed by atoms with Gasteiger partial charge in [-0.15, -0.1) is 11.3 Å². The smallest absolute Gasteiger partial charge is 0.265 e. The number of amides is 1. The van der Waals surface area contributed by atoms with Crippen LogP contribution in [0.2, 0.25) is 10.0 Å². The zero-order valence-electron chi connectivity index (χ0n) is 18.4. The largest absolute Gasteiger partial charge is 0.457 e. The van der Waals surface area contributed by atoms with Gasteiger partial charge in [0, 0.05) is 34.3 Å². The number of carbonyl (C=O) groups excluding carboxylic acids is 1. The van der Waals surface area contributed by atoms with Gasteiger partial charge in [-0.25, -0.2) is 8.42 Å². The summed E-state index contributed by atoms with van der Waals surface area (Å²) in [6.45, 7) is 3.22. The van der Waals surface area contributed by atoms with Crippen molar-refractivity contribution in [1.29, 1.82) is 0 Å². The van der Waals surface area contributed by atoms with E-state index in [2.05, 4.69) is 10.3 Å². The molecular weight excluding hydrogens is 515 g/mol. The lowest BCUT2D eigenvalue weighted by Gasteiger charge is -2.21. The predicted octanol–water partition coefficient (Wildman–Crippen LogP) is 6.93. The van der Waals surface area contributed by atoms with Gasteiger partial charge in [0.2, 0.25) is 0 Å². The van der Waals surface area contributed by atoms with Crippen LogP contribution in [0.4, 0.5) is 5.69 Å². The number of carbonyl (C=O) groups is 1. The van der Waals surface area contributed by atoms with Gasteiger partial charge < -0.3 is 10.1 Å². The standard InChI is InChI=1S/C24H20Cl2N2O4S2/c1-24(2,34(3,30)31)22-9-14-8-20(33-21(14)13-27-22)23(29)28-17-10-16(26)11-19(12-17)32-18-6-4-15(25)5-7-18/h4-13H,1-3H3,(H,28,29). The Balaban J connectivity index is 1.57. The fraction of sp³-hybridized carbons (Fsp3) is 0.167. The maximum Gasteiger partial charge on any atom is 0.265 e. The number of hydrogen-bond donors (Lipinski definition) is 1. The number of nitrogens with zero attached hydrogens (tertiary/aromatic N) is 1. The molecule has 4 rings (SSSR count). The molecule has 176 valence electrons. The molecule has 2 aromatic heterocycles. The Morgan fingerprint density at radius 3 is 2.38 bits per heavy atom. The minimum atomic E-state index is -3.38. The highest BCUT2D eigenvalue weighted by Crippen LogP contribution is 2.33. The molecule has 4 aromatic rings. The molecule has 0 radical (unpaired) electrons. The summed E-state index contributed by atoms with van der Waals surface area (Å²) in [5.74, 6) is 0.705. The average Bonchev–Trinajstić information content (AvgIpc) is 3.18. The monoisotopic (exact) mass is 534 g/mol. The van der Waals surface area contributed by atoms with Gasteiger partial charge in [0.15, 0.2) is 9.84 Å². The maximum atomic E-state index is 12.9. The molecule has 0 saturated carbocycles. The molecule has 0 aliphatic heterocycles. The normalized spacial score (nSPS) is 12.0. The first-order valence-electron chi connectivity index (χ1n) is 10.1. The van der Waals surface area contributed by atoms with Crippen molar-refractivity contribution in [3.8, 4) is 11.5 Å². The number of thiophene rings is 1. The molecule has 0 atom stereocenters. The molecule has 34 heavy (non-hydrogen) atoms. The van der Waals surface area contributed by atoms with E-state index >= 15 is 0 Å². The molecule has 2 heterocycles. The maximum absolute atomic E-state index is 12.9. The van der Waals surface area contributed by atoms with Crippen molar-refractivity contribution in [2.75, 3.05) is 11.6 Å². The van der Waals surface area contributed by atoms with Gasteiger partial charge in [-0.1, -0.05) is 23.2 Å². The number of aromatic nitrogens is 1. The van der Waals surface area contributed by atoms with Gasteiger partial charge in [0.1, 0.15) is 16.2 Å². The van der Waals surface area contributed by atoms with E-state index in [0.29, 0.717) is 37.8 Å². The van der Waals surface area contributed by atoms with E-state index in [9.17, 15) is 13.2 Å². The Morgan fingerprint density at radius 1 is 1.00 bits per heavy atom. The highest BCUT2D eigenvalue weighted by atomic mass is 35.5. The molecule has 0 aliphatic rings. The van der Waals surface area contributed by atoms with Crippen LogP contribution in [0.3, 0.4) is 0 Å². The number of pyridine rings is 1. The van der Waals surface area contributed by atoms with Crippen LogP contribution in [0.1, 0.15) is 29.2 Å². The molecule has 1 N–H and O–H groups in total. The molecule has 0 unspecified atom stereocenters. The van der Waals surface area contributed by atoms with Gasteiger partial charge in [0.05, 0.1) is 15.3 Å². The summed E-state index contributed by atoms with van der Waals surface area (Å²) in [6, 6.07) is 15.2. The topological polar surface area (TPSA) is 85.4 Å². The Bertz CT molecular complexity index is 1500. The van der Waals surface area contributed by atoms with Crippen LogP contribution in [0.5, 0.6) is 11.5 Å². The van der Waals surface area contributed by atoms with Gasteiger partial charge in [-0.05, 0) is 67.8 Å². The fourth-order valence-electron chi connectivity index (χ4n) is 3.10. The third-order valence-corrected chi connectivity index (χ3v) is 8.97. The first-order chi connectivity index (χ1) is 15.9. The van der Waals surface area contributed by atoms with Gasteiger partial charge in [0.25, 0.3) is 5.91 Å². The van der Waals surface area contributed by atoms with Gasteiger partial charge in [-0.3, -0.25) is 9.78 Å². The van der Waals surface area contributed by atoms with Gasteiger partial charge >= 0.3 is 0 Å². The molecule has 2 aromatic carbocycles. The van der Waals surface area contributed by atoms with E-state index in [-0.39, 0.29) is 5.91 Å². The number of nitrogens with one attached hydrogen (secondary N) is 1. The first-order valence-corrected chi connectivity index (χ1v) is 13.5. The molecule has 0 saturated heterocycles. The summed E-state index contributed by atoms with van der Waals surface area (Å²) in [6.07, 6.45) is 2.78. The molecule has 6 nitrogen and oxygen atoms in total. The Morgan fingerprint density at radius 2 is 1.71 bits per heavy atom. The lowest BCUT2D eigenvalue weighted by Crippen LogP contribution is -2.29. The summed E-state index contributed by atoms with van der Waals surface area (Å²) in [5, 5.41) is 4.57. The molecule has 0 aliphatic carbocycles. The zero-order chi connectivity index (χ0) is 24.7. The fourth-order valence-corrected chi connectivity index (χ4v) is 4.85. The van der Waals surface area contributed by atoms with Crippen LogP contribution in [-0.4, -0.2) is 25.6 Å². The second kappa shape index (κ2) is 9.19. The van der Waals surface area contributed by atoms with E-state index in [1.54, 1.807) is 74.6 Å². The zero-order valence-corrected chi connectivity index (χ0v) is 21.6. The number of halogens is 2. The van der Waals surface area contributed by atoms with Crippen molar-refractivity contribution in [3.63, 3.8) is 0 Å². The Labute approximate surface area is 211 Å². The minimum Gasteiger partial charge on any atom is -0.457 e. The third kappa shape index (κ3) is 5.20.